The molecule has 4 unspecified atom stereocenters. The zero-order valence-electron chi connectivity index (χ0n) is 25.6. The van der Waals surface area contributed by atoms with Crippen LogP contribution in [0.3, 0.4) is 0 Å². The fraction of sp³-hybridized carbons (Fsp3) is 0.457. The normalized spacial score (nSPS) is 14.5. The van der Waals surface area contributed by atoms with Crippen LogP contribution in [0.1, 0.15) is 102 Å². The number of hydrogen-bond acceptors (Lipinski definition) is 6. The minimum atomic E-state index is -0.706. The van der Waals surface area contributed by atoms with E-state index in [0.29, 0.717) is 24.2 Å². The Labute approximate surface area is 245 Å². The molecule has 0 aliphatic heterocycles. The summed E-state index contributed by atoms with van der Waals surface area (Å²) in [7, 11) is 0. The van der Waals surface area contributed by atoms with Gasteiger partial charge in [-0.3, -0.25) is 0 Å². The van der Waals surface area contributed by atoms with Gasteiger partial charge in [0.1, 0.15) is 22.8 Å². The highest BCUT2D eigenvalue weighted by molar-refractivity contribution is 5.64. The van der Waals surface area contributed by atoms with Crippen LogP contribution >= 0.6 is 0 Å². The Balaban J connectivity index is 1.74. The summed E-state index contributed by atoms with van der Waals surface area (Å²) in [6.45, 7) is 14.3. The summed E-state index contributed by atoms with van der Waals surface area (Å²) in [6, 6.07) is 23.6. The molecule has 222 valence electrons. The van der Waals surface area contributed by atoms with Crippen LogP contribution in [0.4, 0.5) is 4.79 Å². The monoisotopic (exact) mass is 562 g/mol. The maximum atomic E-state index is 12.1. The molecular weight excluding hydrogens is 516 g/mol. The zero-order chi connectivity index (χ0) is 30.0. The molecule has 6 heteroatoms. The summed E-state index contributed by atoms with van der Waals surface area (Å²) in [5.74, 6) is 2.43. The third-order valence-electron chi connectivity index (χ3n) is 7.16. The van der Waals surface area contributed by atoms with Crippen LogP contribution in [0.5, 0.6) is 17.2 Å². The zero-order valence-corrected chi connectivity index (χ0v) is 25.6. The summed E-state index contributed by atoms with van der Waals surface area (Å²) < 4.78 is 22.0. The van der Waals surface area contributed by atoms with Gasteiger partial charge in [-0.25, -0.2) is 4.79 Å². The van der Waals surface area contributed by atoms with Crippen LogP contribution < -0.4 is 9.47 Å². The summed E-state index contributed by atoms with van der Waals surface area (Å²) >= 11 is 0. The summed E-state index contributed by atoms with van der Waals surface area (Å²) in [5, 5.41) is 9.91. The van der Waals surface area contributed by atoms with E-state index in [9.17, 15) is 9.90 Å². The Morgan fingerprint density at radius 2 is 1.29 bits per heavy atom. The molecule has 1 N–H and O–H groups in total. The lowest BCUT2D eigenvalue weighted by molar-refractivity contribution is -0.0613. The fourth-order valence-corrected chi connectivity index (χ4v) is 5.07. The minimum absolute atomic E-state index is 0.269. The molecule has 3 aromatic carbocycles. The lowest BCUT2D eigenvalue weighted by Crippen LogP contribution is -2.25. The van der Waals surface area contributed by atoms with E-state index >= 15 is 0 Å². The van der Waals surface area contributed by atoms with Gasteiger partial charge in [-0.05, 0) is 125 Å². The summed E-state index contributed by atoms with van der Waals surface area (Å²) in [5.41, 5.74) is 3.05. The van der Waals surface area contributed by atoms with Crippen molar-refractivity contribution in [2.24, 2.45) is 0 Å². The number of aromatic hydroxyl groups is 1. The van der Waals surface area contributed by atoms with Gasteiger partial charge in [0, 0.05) is 6.61 Å². The number of phenolic OH excluding ortho intramolecular Hbond substituents is 1. The largest absolute Gasteiger partial charge is 0.514 e. The van der Waals surface area contributed by atoms with Crippen LogP contribution in [-0.2, 0) is 9.47 Å². The Morgan fingerprint density at radius 1 is 0.756 bits per heavy atom. The predicted molar refractivity (Wildman–Crippen MR) is 163 cm³/mol. The topological polar surface area (TPSA) is 74.2 Å². The average molecular weight is 563 g/mol. The first kappa shape index (κ1) is 32.0. The molecule has 0 aromatic heterocycles. The van der Waals surface area contributed by atoms with Crippen molar-refractivity contribution in [2.45, 2.75) is 97.4 Å². The minimum Gasteiger partial charge on any atom is -0.508 e. The first-order valence-corrected chi connectivity index (χ1v) is 14.6. The number of benzene rings is 3. The van der Waals surface area contributed by atoms with Gasteiger partial charge in [-0.15, -0.1) is 0 Å². The van der Waals surface area contributed by atoms with Gasteiger partial charge in [0.2, 0.25) is 0 Å². The molecular formula is C35H46O6. The second kappa shape index (κ2) is 14.9. The molecule has 3 aromatic rings. The molecule has 0 aliphatic carbocycles. The van der Waals surface area contributed by atoms with Gasteiger partial charge in [-0.2, -0.15) is 0 Å². The second-order valence-electron chi connectivity index (χ2n) is 11.6. The van der Waals surface area contributed by atoms with Crippen molar-refractivity contribution in [1.29, 1.82) is 0 Å². The molecule has 3 rings (SSSR count). The van der Waals surface area contributed by atoms with Gasteiger partial charge in [0.05, 0.1) is 0 Å². The number of rotatable bonds is 13. The average Bonchev–Trinajstić information content (AvgIpc) is 2.91. The van der Waals surface area contributed by atoms with Crippen LogP contribution in [0, 0.1) is 0 Å². The molecule has 0 heterocycles. The SMILES string of the molecule is CCOC(C)Oc1ccc(C(C)CC(CC(CC)c2ccc(OC(=O)OC(C)(C)C)cc2)c2ccc(O)cc2)cc1. The lowest BCUT2D eigenvalue weighted by Gasteiger charge is -2.27. The third kappa shape index (κ3) is 10.4. The van der Waals surface area contributed by atoms with E-state index in [2.05, 4.69) is 26.0 Å². The van der Waals surface area contributed by atoms with Gasteiger partial charge in [0.25, 0.3) is 0 Å². The molecule has 0 saturated carbocycles. The van der Waals surface area contributed by atoms with Gasteiger partial charge < -0.3 is 24.1 Å². The van der Waals surface area contributed by atoms with Crippen LogP contribution in [-0.4, -0.2) is 29.8 Å². The third-order valence-corrected chi connectivity index (χ3v) is 7.16. The molecule has 6 nitrogen and oxygen atoms in total. The standard InChI is InChI=1S/C35H46O6/c1-8-26(28-14-20-33(21-15-28)40-34(37)41-35(5,6)7)23-30(29-10-16-31(36)17-11-29)22-24(3)27-12-18-32(19-13-27)39-25(4)38-9-2/h10-21,24-26,30,36H,8-9,22-23H2,1-7H3. The number of carbonyl (C=O) groups is 1. The van der Waals surface area contributed by atoms with Crippen molar-refractivity contribution in [3.05, 3.63) is 89.5 Å². The van der Waals surface area contributed by atoms with Crippen molar-refractivity contribution in [1.82, 2.24) is 0 Å². The van der Waals surface area contributed by atoms with E-state index in [1.54, 1.807) is 12.1 Å². The summed E-state index contributed by atoms with van der Waals surface area (Å²) in [4.78, 5) is 12.1. The van der Waals surface area contributed by atoms with Crippen LogP contribution in [0.2, 0.25) is 0 Å². The Bertz CT molecular complexity index is 1200. The maximum Gasteiger partial charge on any atom is 0.514 e. The highest BCUT2D eigenvalue weighted by atomic mass is 16.7. The molecule has 0 amide bonds. The second-order valence-corrected chi connectivity index (χ2v) is 11.6. The van der Waals surface area contributed by atoms with Gasteiger partial charge in [-0.1, -0.05) is 50.2 Å². The van der Waals surface area contributed by atoms with E-state index in [0.717, 1.165) is 25.0 Å². The van der Waals surface area contributed by atoms with Crippen molar-refractivity contribution in [2.75, 3.05) is 6.61 Å². The molecule has 0 saturated heterocycles. The number of phenols is 1. The maximum absolute atomic E-state index is 12.1. The van der Waals surface area contributed by atoms with Crippen LogP contribution in [0.15, 0.2) is 72.8 Å². The molecule has 0 radical (unpaired) electrons. The lowest BCUT2D eigenvalue weighted by atomic mass is 9.78. The summed E-state index contributed by atoms with van der Waals surface area (Å²) in [6.07, 6.45) is 1.88. The molecule has 0 aliphatic rings. The highest BCUT2D eigenvalue weighted by Gasteiger charge is 2.23. The van der Waals surface area contributed by atoms with Crippen molar-refractivity contribution in [3.8, 4) is 17.2 Å². The molecule has 4 atom stereocenters. The van der Waals surface area contributed by atoms with E-state index in [4.69, 9.17) is 18.9 Å². The van der Waals surface area contributed by atoms with Crippen molar-refractivity contribution in [3.63, 3.8) is 0 Å². The van der Waals surface area contributed by atoms with E-state index in [1.165, 1.54) is 16.7 Å². The smallest absolute Gasteiger partial charge is 0.508 e. The number of hydrogen-bond donors (Lipinski definition) is 1. The quantitative estimate of drug-likeness (QED) is 0.127. The Kier molecular flexibility index (Phi) is 11.7. The van der Waals surface area contributed by atoms with Crippen molar-refractivity contribution >= 4 is 6.16 Å². The molecule has 0 bridgehead atoms. The molecule has 41 heavy (non-hydrogen) atoms. The van der Waals surface area contributed by atoms with Gasteiger partial charge in [0.15, 0.2) is 6.29 Å². The van der Waals surface area contributed by atoms with Gasteiger partial charge >= 0.3 is 6.16 Å². The fourth-order valence-electron chi connectivity index (χ4n) is 5.07. The highest BCUT2D eigenvalue weighted by Crippen LogP contribution is 2.39. The first-order valence-electron chi connectivity index (χ1n) is 14.6. The molecule has 0 fully saturated rings. The van der Waals surface area contributed by atoms with E-state index in [1.807, 2.05) is 83.1 Å². The van der Waals surface area contributed by atoms with E-state index < -0.39 is 11.8 Å². The Morgan fingerprint density at radius 3 is 1.85 bits per heavy atom. The predicted octanol–water partition coefficient (Wildman–Crippen LogP) is 9.33. The van der Waals surface area contributed by atoms with Crippen molar-refractivity contribution < 1.29 is 28.8 Å². The number of ether oxygens (including phenoxy) is 4. The Hall–Kier alpha value is -3.51. The first-order chi connectivity index (χ1) is 19.5. The molecule has 0 spiro atoms. The number of carbonyl (C=O) groups excluding carboxylic acids is 1. The van der Waals surface area contributed by atoms with Crippen LogP contribution in [0.25, 0.3) is 0 Å². The van der Waals surface area contributed by atoms with E-state index in [-0.39, 0.29) is 18.0 Å².